The Morgan fingerprint density at radius 3 is 2.44 bits per heavy atom. The molecule has 0 atom stereocenters. The molecule has 3 aromatic rings. The van der Waals surface area contributed by atoms with Crippen LogP contribution in [0.1, 0.15) is 30.7 Å². The molecule has 0 aliphatic carbocycles. The van der Waals surface area contributed by atoms with E-state index in [9.17, 15) is 18.3 Å². The van der Waals surface area contributed by atoms with Crippen molar-refractivity contribution in [3.8, 4) is 11.4 Å². The highest BCUT2D eigenvalue weighted by atomic mass is 19.4. The minimum absolute atomic E-state index is 0.237. The maximum Gasteiger partial charge on any atom is 0.390 e. The van der Waals surface area contributed by atoms with Gasteiger partial charge in [0.15, 0.2) is 5.82 Å². The number of nitrogens with zero attached hydrogens (tertiary/aromatic N) is 6. The normalized spacial score (nSPS) is 15.5. The lowest BCUT2D eigenvalue weighted by Gasteiger charge is -2.31. The number of rotatable bonds is 7. The maximum atomic E-state index is 12.8. The summed E-state index contributed by atoms with van der Waals surface area (Å²) in [5.41, 5.74) is 2.83. The van der Waals surface area contributed by atoms with Gasteiger partial charge in [0.2, 0.25) is 0 Å². The fourth-order valence-corrected chi connectivity index (χ4v) is 3.84. The Morgan fingerprint density at radius 1 is 1.09 bits per heavy atom. The molecule has 2 aromatic heterocycles. The second-order valence-corrected chi connectivity index (χ2v) is 8.24. The van der Waals surface area contributed by atoms with Crippen molar-refractivity contribution in [3.05, 3.63) is 48.0 Å². The fourth-order valence-electron chi connectivity index (χ4n) is 3.84. The molecule has 1 aliphatic rings. The van der Waals surface area contributed by atoms with Crippen LogP contribution in [0.25, 0.3) is 11.4 Å². The summed E-state index contributed by atoms with van der Waals surface area (Å²) in [6.07, 6.45) is 0.0907. The van der Waals surface area contributed by atoms with Gasteiger partial charge < -0.3 is 10.0 Å². The predicted octanol–water partition coefficient (Wildman–Crippen LogP) is 3.61. The first-order valence-electron chi connectivity index (χ1n) is 10.8. The van der Waals surface area contributed by atoms with E-state index in [2.05, 4.69) is 20.1 Å². The number of alkyl halides is 3. The number of hydrogen-bond acceptors (Lipinski definition) is 5. The number of hydrogen-bond donors (Lipinski definition) is 1. The molecule has 1 aliphatic heterocycles. The minimum Gasteiger partial charge on any atom is -0.393 e. The van der Waals surface area contributed by atoms with Crippen LogP contribution >= 0.6 is 0 Å². The van der Waals surface area contributed by atoms with Gasteiger partial charge in [-0.1, -0.05) is 0 Å². The van der Waals surface area contributed by atoms with Gasteiger partial charge in [-0.25, -0.2) is 9.67 Å². The van der Waals surface area contributed by atoms with Crippen molar-refractivity contribution < 1.29 is 18.3 Å². The molecule has 7 nitrogen and oxygen atoms in total. The zero-order valence-corrected chi connectivity index (χ0v) is 18.0. The summed E-state index contributed by atoms with van der Waals surface area (Å²) in [7, 11) is 0. The topological polar surface area (TPSA) is 72.0 Å². The van der Waals surface area contributed by atoms with Crippen LogP contribution in [0.3, 0.4) is 0 Å². The Labute approximate surface area is 184 Å². The fraction of sp³-hybridized carbons (Fsp3) is 0.500. The zero-order valence-electron chi connectivity index (χ0n) is 18.0. The number of aliphatic hydroxyl groups is 1. The van der Waals surface area contributed by atoms with E-state index in [4.69, 9.17) is 0 Å². The number of halogens is 3. The molecule has 1 saturated heterocycles. The van der Waals surface area contributed by atoms with Crippen LogP contribution in [0.4, 0.5) is 18.9 Å². The van der Waals surface area contributed by atoms with Crippen molar-refractivity contribution in [2.24, 2.45) is 0 Å². The van der Waals surface area contributed by atoms with E-state index in [1.807, 2.05) is 37.4 Å². The molecule has 0 spiro atoms. The average molecular weight is 448 g/mol. The van der Waals surface area contributed by atoms with Crippen LogP contribution in [0.15, 0.2) is 36.7 Å². The van der Waals surface area contributed by atoms with Crippen molar-refractivity contribution in [1.82, 2.24) is 24.5 Å². The SMILES string of the molecule is Cc1cnn(CCc2nc(-c3ccc(N4CCC(O)CC4)cc3)nn2CCC(F)(F)F)c1. The molecule has 10 heteroatoms. The Morgan fingerprint density at radius 2 is 1.81 bits per heavy atom. The van der Waals surface area contributed by atoms with E-state index in [1.165, 1.54) is 4.68 Å². The Hall–Kier alpha value is -2.88. The Bertz CT molecular complexity index is 1020. The molecule has 1 fully saturated rings. The van der Waals surface area contributed by atoms with Gasteiger partial charge in [-0.05, 0) is 49.6 Å². The molecule has 1 N–H and O–H groups in total. The van der Waals surface area contributed by atoms with Gasteiger partial charge >= 0.3 is 6.18 Å². The summed E-state index contributed by atoms with van der Waals surface area (Å²) in [4.78, 5) is 6.76. The monoisotopic (exact) mass is 448 g/mol. The first-order valence-corrected chi connectivity index (χ1v) is 10.8. The van der Waals surface area contributed by atoms with Crippen LogP contribution in [0.5, 0.6) is 0 Å². The lowest BCUT2D eigenvalue weighted by molar-refractivity contribution is -0.137. The van der Waals surface area contributed by atoms with Crippen LogP contribution in [-0.2, 0) is 19.5 Å². The molecular formula is C22H27F3N6O. The second kappa shape index (κ2) is 9.32. The molecule has 0 radical (unpaired) electrons. The van der Waals surface area contributed by atoms with Gasteiger partial charge in [-0.2, -0.15) is 23.4 Å². The van der Waals surface area contributed by atoms with Crippen molar-refractivity contribution in [1.29, 1.82) is 0 Å². The predicted molar refractivity (Wildman–Crippen MR) is 114 cm³/mol. The summed E-state index contributed by atoms with van der Waals surface area (Å²) in [6, 6.07) is 7.72. The standard InChI is InChI=1S/C22H27F3N6O/c1-16-14-26-30(15-16)12-8-20-27-21(28-31(20)13-9-22(23,24)25)17-2-4-18(5-3-17)29-10-6-19(32)7-11-29/h2-5,14-15,19,32H,6-13H2,1H3. The van der Waals surface area contributed by atoms with Crippen LogP contribution in [-0.4, -0.2) is 55.0 Å². The van der Waals surface area contributed by atoms with E-state index >= 15 is 0 Å². The lowest BCUT2D eigenvalue weighted by atomic mass is 10.1. The summed E-state index contributed by atoms with van der Waals surface area (Å²) < 4.78 is 41.5. The zero-order chi connectivity index (χ0) is 22.7. The summed E-state index contributed by atoms with van der Waals surface area (Å²) in [5.74, 6) is 0.922. The van der Waals surface area contributed by atoms with Crippen LogP contribution in [0.2, 0.25) is 0 Å². The molecule has 32 heavy (non-hydrogen) atoms. The summed E-state index contributed by atoms with van der Waals surface area (Å²) in [5, 5.41) is 18.3. The number of aliphatic hydroxyl groups excluding tert-OH is 1. The second-order valence-electron chi connectivity index (χ2n) is 8.24. The summed E-state index contributed by atoms with van der Waals surface area (Å²) in [6.45, 7) is 3.77. The van der Waals surface area contributed by atoms with Crippen LogP contribution < -0.4 is 4.90 Å². The number of anilines is 1. The van der Waals surface area contributed by atoms with Gasteiger partial charge in [0.25, 0.3) is 0 Å². The third kappa shape index (κ3) is 5.67. The molecule has 172 valence electrons. The van der Waals surface area contributed by atoms with Gasteiger partial charge in [0, 0.05) is 43.5 Å². The van der Waals surface area contributed by atoms with Crippen molar-refractivity contribution in [3.63, 3.8) is 0 Å². The molecule has 0 unspecified atom stereocenters. The third-order valence-corrected chi connectivity index (χ3v) is 5.64. The minimum atomic E-state index is -4.26. The average Bonchev–Trinajstić information content (AvgIpc) is 3.37. The van der Waals surface area contributed by atoms with Gasteiger partial charge in [-0.3, -0.25) is 4.68 Å². The van der Waals surface area contributed by atoms with E-state index in [1.54, 1.807) is 10.9 Å². The molecule has 0 saturated carbocycles. The molecule has 3 heterocycles. The van der Waals surface area contributed by atoms with E-state index in [0.717, 1.165) is 42.7 Å². The highest BCUT2D eigenvalue weighted by Crippen LogP contribution is 2.25. The van der Waals surface area contributed by atoms with E-state index in [0.29, 0.717) is 24.6 Å². The highest BCUT2D eigenvalue weighted by molar-refractivity contribution is 5.60. The highest BCUT2D eigenvalue weighted by Gasteiger charge is 2.28. The van der Waals surface area contributed by atoms with E-state index < -0.39 is 12.6 Å². The Balaban J connectivity index is 1.51. The smallest absolute Gasteiger partial charge is 0.390 e. The molecule has 0 bridgehead atoms. The van der Waals surface area contributed by atoms with Gasteiger partial charge in [-0.15, -0.1) is 0 Å². The van der Waals surface area contributed by atoms with Crippen LogP contribution in [0, 0.1) is 6.92 Å². The van der Waals surface area contributed by atoms with Gasteiger partial charge in [0.05, 0.1) is 25.3 Å². The van der Waals surface area contributed by atoms with E-state index in [-0.39, 0.29) is 12.6 Å². The number of piperidine rings is 1. The number of aryl methyl sites for hydroxylation is 4. The first kappa shape index (κ1) is 22.3. The molecule has 4 rings (SSSR count). The largest absolute Gasteiger partial charge is 0.393 e. The number of benzene rings is 1. The molecule has 0 amide bonds. The van der Waals surface area contributed by atoms with Gasteiger partial charge in [0.1, 0.15) is 5.82 Å². The lowest BCUT2D eigenvalue weighted by Crippen LogP contribution is -2.35. The Kier molecular flexibility index (Phi) is 6.50. The van der Waals surface area contributed by atoms with Crippen molar-refractivity contribution in [2.45, 2.75) is 58.0 Å². The number of aromatic nitrogens is 5. The van der Waals surface area contributed by atoms with Crippen molar-refractivity contribution >= 4 is 5.69 Å². The quantitative estimate of drug-likeness (QED) is 0.598. The third-order valence-electron chi connectivity index (χ3n) is 5.64. The molecular weight excluding hydrogens is 421 g/mol. The molecule has 1 aromatic carbocycles. The maximum absolute atomic E-state index is 12.8. The van der Waals surface area contributed by atoms with Crippen molar-refractivity contribution in [2.75, 3.05) is 18.0 Å². The first-order chi connectivity index (χ1) is 15.3. The summed E-state index contributed by atoms with van der Waals surface area (Å²) >= 11 is 0.